The molecule has 0 atom stereocenters. The van der Waals surface area contributed by atoms with Crippen LogP contribution in [0.1, 0.15) is 0 Å². The first-order valence-corrected chi connectivity index (χ1v) is 4.84. The third kappa shape index (κ3) is 2.47. The Kier molecular flexibility index (Phi) is 3.14. The lowest BCUT2D eigenvalue weighted by Crippen LogP contribution is -1.99. The van der Waals surface area contributed by atoms with Gasteiger partial charge in [-0.15, -0.1) is 0 Å². The molecule has 1 aromatic carbocycles. The smallest absolute Gasteiger partial charge is 0.194 e. The van der Waals surface area contributed by atoms with E-state index in [0.717, 1.165) is 12.1 Å². The molecule has 0 bridgehead atoms. The van der Waals surface area contributed by atoms with E-state index >= 15 is 0 Å². The summed E-state index contributed by atoms with van der Waals surface area (Å²) in [6.45, 7) is 0. The first-order chi connectivity index (χ1) is 8.08. The molecule has 2 rings (SSSR count). The van der Waals surface area contributed by atoms with E-state index in [0.29, 0.717) is 0 Å². The zero-order chi connectivity index (χ0) is 12.4. The van der Waals surface area contributed by atoms with Gasteiger partial charge in [-0.05, 0) is 0 Å². The first kappa shape index (κ1) is 11.7. The van der Waals surface area contributed by atoms with Crippen LogP contribution in [0.25, 0.3) is 0 Å². The summed E-state index contributed by atoms with van der Waals surface area (Å²) in [6.07, 6.45) is 2.71. The minimum atomic E-state index is -1.53. The van der Waals surface area contributed by atoms with E-state index in [2.05, 4.69) is 15.3 Å². The van der Waals surface area contributed by atoms with Gasteiger partial charge in [0.2, 0.25) is 0 Å². The van der Waals surface area contributed by atoms with Crippen molar-refractivity contribution in [3.8, 4) is 0 Å². The van der Waals surface area contributed by atoms with Gasteiger partial charge in [0.1, 0.15) is 0 Å². The maximum absolute atomic E-state index is 12.9. The summed E-state index contributed by atoms with van der Waals surface area (Å²) < 4.78 is 38.5. The Morgan fingerprint density at radius 1 is 1.00 bits per heavy atom. The molecule has 17 heavy (non-hydrogen) atoms. The lowest BCUT2D eigenvalue weighted by molar-refractivity contribution is 0.448. The lowest BCUT2D eigenvalue weighted by atomic mass is 10.3. The van der Waals surface area contributed by atoms with Crippen molar-refractivity contribution >= 4 is 23.1 Å². The van der Waals surface area contributed by atoms with Gasteiger partial charge >= 0.3 is 0 Å². The molecule has 0 fully saturated rings. The summed E-state index contributed by atoms with van der Waals surface area (Å²) in [6, 6.07) is 1.59. The quantitative estimate of drug-likeness (QED) is 0.841. The van der Waals surface area contributed by atoms with E-state index in [4.69, 9.17) is 11.6 Å². The van der Waals surface area contributed by atoms with Crippen molar-refractivity contribution in [2.24, 2.45) is 0 Å². The van der Waals surface area contributed by atoms with Gasteiger partial charge in [-0.25, -0.2) is 23.1 Å². The molecule has 0 unspecified atom stereocenters. The summed E-state index contributed by atoms with van der Waals surface area (Å²) in [5, 5.41) is 2.57. The Morgan fingerprint density at radius 3 is 2.18 bits per heavy atom. The van der Waals surface area contributed by atoms with Crippen molar-refractivity contribution < 1.29 is 13.2 Å². The number of benzene rings is 1. The second kappa shape index (κ2) is 4.58. The molecule has 0 aliphatic rings. The topological polar surface area (TPSA) is 37.8 Å². The Bertz CT molecular complexity index is 539. The monoisotopic (exact) mass is 259 g/mol. The molecular weight excluding hydrogens is 255 g/mol. The molecule has 2 aromatic rings. The van der Waals surface area contributed by atoms with Gasteiger partial charge in [0.25, 0.3) is 0 Å². The molecule has 1 aromatic heterocycles. The van der Waals surface area contributed by atoms with Crippen molar-refractivity contribution in [2.45, 2.75) is 0 Å². The van der Waals surface area contributed by atoms with Crippen LogP contribution in [0.15, 0.2) is 24.5 Å². The van der Waals surface area contributed by atoms with E-state index in [9.17, 15) is 13.2 Å². The van der Waals surface area contributed by atoms with Crippen molar-refractivity contribution in [3.05, 3.63) is 47.1 Å². The number of hydrogen-bond donors (Lipinski definition) is 1. The molecule has 0 amide bonds. The van der Waals surface area contributed by atoms with Gasteiger partial charge in [-0.3, -0.25) is 0 Å². The summed E-state index contributed by atoms with van der Waals surface area (Å²) in [4.78, 5) is 7.53. The number of rotatable bonds is 2. The molecule has 0 saturated carbocycles. The van der Waals surface area contributed by atoms with E-state index in [1.807, 2.05) is 0 Å². The van der Waals surface area contributed by atoms with Gasteiger partial charge in [0.05, 0.1) is 0 Å². The van der Waals surface area contributed by atoms with E-state index < -0.39 is 17.5 Å². The van der Waals surface area contributed by atoms with Crippen LogP contribution in [0.5, 0.6) is 0 Å². The zero-order valence-corrected chi connectivity index (χ0v) is 8.97. The Balaban J connectivity index is 2.34. The van der Waals surface area contributed by atoms with E-state index in [1.54, 1.807) is 0 Å². The second-order valence-electron chi connectivity index (χ2n) is 3.07. The van der Waals surface area contributed by atoms with Crippen LogP contribution in [0.2, 0.25) is 5.15 Å². The van der Waals surface area contributed by atoms with Crippen molar-refractivity contribution in [1.82, 2.24) is 9.97 Å². The highest BCUT2D eigenvalue weighted by Gasteiger charge is 2.11. The molecule has 0 spiro atoms. The van der Waals surface area contributed by atoms with Gasteiger partial charge in [0, 0.05) is 30.2 Å². The van der Waals surface area contributed by atoms with Crippen molar-refractivity contribution in [3.63, 3.8) is 0 Å². The van der Waals surface area contributed by atoms with Crippen LogP contribution in [0.3, 0.4) is 0 Å². The minimum absolute atomic E-state index is 0.0104. The Hall–Kier alpha value is -1.82. The molecule has 0 saturated heterocycles. The second-order valence-corrected chi connectivity index (χ2v) is 3.43. The van der Waals surface area contributed by atoms with Crippen LogP contribution < -0.4 is 5.32 Å². The molecule has 3 nitrogen and oxygen atoms in total. The predicted molar refractivity (Wildman–Crippen MR) is 56.6 cm³/mol. The molecule has 0 radical (unpaired) electrons. The third-order valence-electron chi connectivity index (χ3n) is 1.90. The molecular formula is C10H5ClF3N3. The number of aromatic nitrogens is 2. The summed E-state index contributed by atoms with van der Waals surface area (Å²) in [5.41, 5.74) is -0.0104. The van der Waals surface area contributed by atoms with Crippen molar-refractivity contribution in [1.29, 1.82) is 0 Å². The van der Waals surface area contributed by atoms with Crippen LogP contribution in [-0.4, -0.2) is 9.97 Å². The Labute approximate surface area is 99.3 Å². The molecule has 1 N–H and O–H groups in total. The number of nitrogens with zero attached hydrogens (tertiary/aromatic N) is 2. The maximum atomic E-state index is 12.9. The molecule has 88 valence electrons. The SMILES string of the molecule is Fc1cc(Nc2nccnc2Cl)cc(F)c1F. The molecule has 7 heteroatoms. The van der Waals surface area contributed by atoms with Crippen LogP contribution >= 0.6 is 11.6 Å². The highest BCUT2D eigenvalue weighted by Crippen LogP contribution is 2.23. The molecule has 0 aliphatic heterocycles. The summed E-state index contributed by atoms with van der Waals surface area (Å²) in [7, 11) is 0. The highest BCUT2D eigenvalue weighted by molar-refractivity contribution is 6.31. The van der Waals surface area contributed by atoms with E-state index in [1.165, 1.54) is 12.4 Å². The third-order valence-corrected chi connectivity index (χ3v) is 2.18. The lowest BCUT2D eigenvalue weighted by Gasteiger charge is -2.07. The molecule has 1 heterocycles. The Morgan fingerprint density at radius 2 is 1.59 bits per heavy atom. The van der Waals surface area contributed by atoms with E-state index in [-0.39, 0.29) is 16.7 Å². The van der Waals surface area contributed by atoms with Crippen molar-refractivity contribution in [2.75, 3.05) is 5.32 Å². The standard InChI is InChI=1S/C10H5ClF3N3/c11-9-10(16-2-1-15-9)17-5-3-6(12)8(14)7(13)4-5/h1-4H,(H,16,17). The van der Waals surface area contributed by atoms with Crippen LogP contribution in [-0.2, 0) is 0 Å². The summed E-state index contributed by atoms with van der Waals surface area (Å²) in [5.74, 6) is -4.00. The van der Waals surface area contributed by atoms with Gasteiger partial charge < -0.3 is 5.32 Å². The average molecular weight is 260 g/mol. The largest absolute Gasteiger partial charge is 0.337 e. The molecule has 0 aliphatic carbocycles. The zero-order valence-electron chi connectivity index (χ0n) is 8.22. The minimum Gasteiger partial charge on any atom is -0.337 e. The predicted octanol–water partition coefficient (Wildman–Crippen LogP) is 3.29. The fraction of sp³-hybridized carbons (Fsp3) is 0. The van der Waals surface area contributed by atoms with Crippen LogP contribution in [0, 0.1) is 17.5 Å². The number of anilines is 2. The number of halogens is 4. The fourth-order valence-electron chi connectivity index (χ4n) is 1.17. The fourth-order valence-corrected chi connectivity index (χ4v) is 1.32. The van der Waals surface area contributed by atoms with Gasteiger partial charge in [0.15, 0.2) is 28.4 Å². The first-order valence-electron chi connectivity index (χ1n) is 4.46. The van der Waals surface area contributed by atoms with Crippen LogP contribution in [0.4, 0.5) is 24.7 Å². The number of hydrogen-bond acceptors (Lipinski definition) is 3. The highest BCUT2D eigenvalue weighted by atomic mass is 35.5. The number of nitrogens with one attached hydrogen (secondary N) is 1. The average Bonchev–Trinajstić information content (AvgIpc) is 2.29. The van der Waals surface area contributed by atoms with Gasteiger partial charge in [-0.1, -0.05) is 11.6 Å². The van der Waals surface area contributed by atoms with Gasteiger partial charge in [-0.2, -0.15) is 0 Å². The summed E-state index contributed by atoms with van der Waals surface area (Å²) >= 11 is 5.69. The normalized spacial score (nSPS) is 10.4. The maximum Gasteiger partial charge on any atom is 0.194 e.